The van der Waals surface area contributed by atoms with Crippen molar-refractivity contribution in [1.29, 1.82) is 0 Å². The Morgan fingerprint density at radius 2 is 1.96 bits per heavy atom. The quantitative estimate of drug-likeness (QED) is 0.822. The van der Waals surface area contributed by atoms with E-state index in [4.69, 9.17) is 4.74 Å². The lowest BCUT2D eigenvalue weighted by atomic mass is 9.99. The van der Waals surface area contributed by atoms with Crippen LogP contribution in [0.5, 0.6) is 5.75 Å². The van der Waals surface area contributed by atoms with Gasteiger partial charge >= 0.3 is 0 Å². The average Bonchev–Trinajstić information content (AvgIpc) is 3.37. The zero-order valence-corrected chi connectivity index (χ0v) is 14.8. The highest BCUT2D eigenvalue weighted by Crippen LogP contribution is 2.39. The highest BCUT2D eigenvalue weighted by atomic mass is 16.5. The van der Waals surface area contributed by atoms with Gasteiger partial charge in [0.2, 0.25) is 0 Å². The molecule has 1 aromatic rings. The van der Waals surface area contributed by atoms with Gasteiger partial charge < -0.3 is 4.74 Å². The van der Waals surface area contributed by atoms with E-state index in [1.165, 1.54) is 71.1 Å². The van der Waals surface area contributed by atoms with Crippen LogP contribution in [0.1, 0.15) is 55.7 Å². The molecule has 130 valence electrons. The molecule has 3 saturated heterocycles. The van der Waals surface area contributed by atoms with Crippen LogP contribution in [0, 0.1) is 5.92 Å². The normalized spacial score (nSPS) is 34.8. The number of ether oxygens (including phenoxy) is 1. The number of aryl methyl sites for hydroxylation is 1. The molecule has 0 saturated carbocycles. The molecule has 3 nitrogen and oxygen atoms in total. The Kier molecular flexibility index (Phi) is 4.02. The van der Waals surface area contributed by atoms with Gasteiger partial charge in [-0.1, -0.05) is 6.07 Å². The standard InChI is InChI=1S/C21H30N2O/c1-2-10-22(9-1)21-6-4-17-3-5-19(14-20(17)21)24-12-8-18-13-16-7-11-23(18)15-16/h3,5,14,16,18,21H,1-2,4,6-13,15H2. The predicted octanol–water partition coefficient (Wildman–Crippen LogP) is 3.63. The lowest BCUT2D eigenvalue weighted by molar-refractivity contribution is 0.205. The number of rotatable bonds is 5. The smallest absolute Gasteiger partial charge is 0.119 e. The average molecular weight is 326 g/mol. The summed E-state index contributed by atoms with van der Waals surface area (Å²) >= 11 is 0. The first-order valence-electron chi connectivity index (χ1n) is 10.1. The molecule has 0 radical (unpaired) electrons. The molecule has 2 bridgehead atoms. The van der Waals surface area contributed by atoms with Crippen LogP contribution in [0.3, 0.4) is 0 Å². The van der Waals surface area contributed by atoms with E-state index >= 15 is 0 Å². The van der Waals surface area contributed by atoms with Crippen molar-refractivity contribution in [2.24, 2.45) is 5.92 Å². The summed E-state index contributed by atoms with van der Waals surface area (Å²) < 4.78 is 6.17. The molecule has 1 aromatic carbocycles. The Labute approximate surface area is 146 Å². The Hall–Kier alpha value is -1.06. The van der Waals surface area contributed by atoms with Crippen LogP contribution in [0.15, 0.2) is 18.2 Å². The molecule has 4 atom stereocenters. The Bertz CT molecular complexity index is 596. The summed E-state index contributed by atoms with van der Waals surface area (Å²) in [5.41, 5.74) is 3.11. The van der Waals surface area contributed by atoms with Gasteiger partial charge in [-0.05, 0) is 93.8 Å². The molecule has 3 heterocycles. The summed E-state index contributed by atoms with van der Waals surface area (Å²) in [5, 5.41) is 0. The molecular formula is C21H30N2O. The van der Waals surface area contributed by atoms with Crippen molar-refractivity contribution in [1.82, 2.24) is 9.80 Å². The number of hydrogen-bond acceptors (Lipinski definition) is 3. The highest BCUT2D eigenvalue weighted by Gasteiger charge is 2.37. The van der Waals surface area contributed by atoms with E-state index in [0.29, 0.717) is 6.04 Å². The number of nitrogens with zero attached hydrogens (tertiary/aromatic N) is 2. The third-order valence-electron chi connectivity index (χ3n) is 6.90. The largest absolute Gasteiger partial charge is 0.494 e. The predicted molar refractivity (Wildman–Crippen MR) is 96.5 cm³/mol. The van der Waals surface area contributed by atoms with Gasteiger partial charge in [-0.25, -0.2) is 0 Å². The van der Waals surface area contributed by atoms with Crippen molar-refractivity contribution < 1.29 is 4.74 Å². The van der Waals surface area contributed by atoms with Crippen LogP contribution >= 0.6 is 0 Å². The molecule has 0 amide bonds. The van der Waals surface area contributed by atoms with Gasteiger partial charge in [0, 0.05) is 18.6 Å². The fraction of sp³-hybridized carbons (Fsp3) is 0.714. The van der Waals surface area contributed by atoms with Gasteiger partial charge in [-0.3, -0.25) is 9.80 Å². The van der Waals surface area contributed by atoms with Gasteiger partial charge in [0.25, 0.3) is 0 Å². The van der Waals surface area contributed by atoms with Gasteiger partial charge in [0.15, 0.2) is 0 Å². The van der Waals surface area contributed by atoms with Crippen LogP contribution in [0.2, 0.25) is 0 Å². The van der Waals surface area contributed by atoms with Gasteiger partial charge in [0.05, 0.1) is 6.61 Å². The molecule has 3 aliphatic heterocycles. The second-order valence-corrected chi connectivity index (χ2v) is 8.33. The molecule has 3 fully saturated rings. The van der Waals surface area contributed by atoms with E-state index in [2.05, 4.69) is 28.0 Å². The van der Waals surface area contributed by atoms with Crippen LogP contribution in [-0.2, 0) is 6.42 Å². The lowest BCUT2D eigenvalue weighted by Gasteiger charge is -2.25. The maximum atomic E-state index is 6.17. The molecule has 1 aliphatic carbocycles. The van der Waals surface area contributed by atoms with E-state index in [9.17, 15) is 0 Å². The maximum absolute atomic E-state index is 6.17. The minimum absolute atomic E-state index is 0.655. The zero-order valence-electron chi connectivity index (χ0n) is 14.8. The number of hydrogen-bond donors (Lipinski definition) is 0. The molecule has 3 heteroatoms. The summed E-state index contributed by atoms with van der Waals surface area (Å²) in [5.74, 6) is 2.08. The highest BCUT2D eigenvalue weighted by molar-refractivity contribution is 5.41. The zero-order chi connectivity index (χ0) is 15.9. The van der Waals surface area contributed by atoms with Crippen molar-refractivity contribution in [2.45, 2.75) is 57.0 Å². The molecule has 24 heavy (non-hydrogen) atoms. The first-order chi connectivity index (χ1) is 11.9. The summed E-state index contributed by atoms with van der Waals surface area (Å²) in [7, 11) is 0. The van der Waals surface area contributed by atoms with Crippen molar-refractivity contribution >= 4 is 0 Å². The van der Waals surface area contributed by atoms with Gasteiger partial charge in [0.1, 0.15) is 5.75 Å². The van der Waals surface area contributed by atoms with Crippen molar-refractivity contribution in [3.8, 4) is 5.75 Å². The second kappa shape index (κ2) is 6.34. The molecular weight excluding hydrogens is 296 g/mol. The second-order valence-electron chi connectivity index (χ2n) is 8.33. The number of likely N-dealkylation sites (tertiary alicyclic amines) is 1. The number of fused-ring (bicyclic) bond motifs is 3. The Morgan fingerprint density at radius 3 is 2.75 bits per heavy atom. The SMILES string of the molecule is c1cc2c(cc1OCCC1CC3CCN1C3)C(N1CCCC1)CC2. The summed E-state index contributed by atoms with van der Waals surface area (Å²) in [4.78, 5) is 5.37. The van der Waals surface area contributed by atoms with E-state index in [1.807, 2.05) is 0 Å². The molecule has 0 N–H and O–H groups in total. The summed E-state index contributed by atoms with van der Waals surface area (Å²) in [6.07, 6.45) is 9.34. The van der Waals surface area contributed by atoms with Crippen molar-refractivity contribution in [2.75, 3.05) is 32.8 Å². The van der Waals surface area contributed by atoms with Crippen LogP contribution in [0.25, 0.3) is 0 Å². The topological polar surface area (TPSA) is 15.7 Å². The third kappa shape index (κ3) is 2.76. The summed E-state index contributed by atoms with van der Waals surface area (Å²) in [6.45, 7) is 6.12. The Balaban J connectivity index is 1.20. The molecule has 0 aromatic heterocycles. The van der Waals surface area contributed by atoms with Crippen molar-refractivity contribution in [3.63, 3.8) is 0 Å². The van der Waals surface area contributed by atoms with Crippen LogP contribution < -0.4 is 4.74 Å². The fourth-order valence-electron chi connectivity index (χ4n) is 5.61. The van der Waals surface area contributed by atoms with E-state index < -0.39 is 0 Å². The first-order valence-corrected chi connectivity index (χ1v) is 10.1. The molecule has 4 unspecified atom stereocenters. The monoisotopic (exact) mass is 326 g/mol. The Morgan fingerprint density at radius 1 is 1.04 bits per heavy atom. The maximum Gasteiger partial charge on any atom is 0.119 e. The molecule has 0 spiro atoms. The third-order valence-corrected chi connectivity index (χ3v) is 6.90. The molecule has 5 rings (SSSR count). The van der Waals surface area contributed by atoms with Crippen molar-refractivity contribution in [3.05, 3.63) is 29.3 Å². The minimum atomic E-state index is 0.655. The lowest BCUT2D eigenvalue weighted by Crippen LogP contribution is -2.30. The number of piperidine rings is 1. The molecule has 4 aliphatic rings. The van der Waals surface area contributed by atoms with E-state index in [-0.39, 0.29) is 0 Å². The van der Waals surface area contributed by atoms with Gasteiger partial charge in [-0.2, -0.15) is 0 Å². The fourth-order valence-corrected chi connectivity index (χ4v) is 5.61. The van der Waals surface area contributed by atoms with E-state index in [0.717, 1.165) is 24.3 Å². The van der Waals surface area contributed by atoms with Gasteiger partial charge in [-0.15, -0.1) is 0 Å². The first kappa shape index (κ1) is 15.2. The van der Waals surface area contributed by atoms with Crippen LogP contribution in [0.4, 0.5) is 0 Å². The number of benzene rings is 1. The minimum Gasteiger partial charge on any atom is -0.494 e. The van der Waals surface area contributed by atoms with E-state index in [1.54, 1.807) is 11.1 Å². The summed E-state index contributed by atoms with van der Waals surface area (Å²) in [6, 6.07) is 8.32. The van der Waals surface area contributed by atoms with Crippen LogP contribution in [-0.4, -0.2) is 48.6 Å².